The van der Waals surface area contributed by atoms with Crippen LogP contribution in [0.3, 0.4) is 0 Å². The van der Waals surface area contributed by atoms with E-state index in [1.165, 1.54) is 0 Å². The molecule has 1 spiro atoms. The van der Waals surface area contributed by atoms with E-state index in [0.29, 0.717) is 12.5 Å². The number of carbonyl (C=O) groups is 1. The minimum absolute atomic E-state index is 0.246. The van der Waals surface area contributed by atoms with Crippen molar-refractivity contribution in [2.45, 2.75) is 36.8 Å². The van der Waals surface area contributed by atoms with E-state index in [-0.39, 0.29) is 23.7 Å². The number of nitrogens with one attached hydrogen (secondary N) is 2. The van der Waals surface area contributed by atoms with Gasteiger partial charge in [-0.05, 0) is 48.3 Å². The zero-order chi connectivity index (χ0) is 22.2. The van der Waals surface area contributed by atoms with Gasteiger partial charge in [-0.25, -0.2) is 13.2 Å². The number of rotatable bonds is 5. The maximum absolute atomic E-state index is 13.9. The fourth-order valence-corrected chi connectivity index (χ4v) is 6.52. The van der Waals surface area contributed by atoms with E-state index in [1.54, 1.807) is 25.1 Å². The van der Waals surface area contributed by atoms with Gasteiger partial charge in [0.2, 0.25) is 0 Å². The van der Waals surface area contributed by atoms with Gasteiger partial charge in [0.1, 0.15) is 10.9 Å². The van der Waals surface area contributed by atoms with Crippen LogP contribution >= 0.6 is 0 Å². The summed E-state index contributed by atoms with van der Waals surface area (Å²) >= 11 is 0. The maximum atomic E-state index is 13.9. The molecular weight excluding hydrogens is 412 g/mol. The Morgan fingerprint density at radius 1 is 1.23 bits per heavy atom. The number of benzene rings is 1. The summed E-state index contributed by atoms with van der Waals surface area (Å²) in [5, 5.41) is 5.58. The minimum Gasteiger partial charge on any atom is -0.461 e. The van der Waals surface area contributed by atoms with Crippen LogP contribution in [-0.2, 0) is 19.4 Å². The van der Waals surface area contributed by atoms with Gasteiger partial charge in [0.15, 0.2) is 9.84 Å². The van der Waals surface area contributed by atoms with Crippen molar-refractivity contribution in [3.63, 3.8) is 0 Å². The van der Waals surface area contributed by atoms with E-state index in [9.17, 15) is 13.2 Å². The Labute approximate surface area is 183 Å². The molecule has 0 radical (unpaired) electrons. The van der Waals surface area contributed by atoms with Crippen molar-refractivity contribution in [1.29, 1.82) is 0 Å². The van der Waals surface area contributed by atoms with Crippen molar-refractivity contribution in [2.75, 3.05) is 19.7 Å². The van der Waals surface area contributed by atoms with Crippen molar-refractivity contribution in [3.05, 3.63) is 77.2 Å². The molecule has 0 amide bonds. The van der Waals surface area contributed by atoms with Crippen LogP contribution in [0.2, 0.25) is 0 Å². The highest BCUT2D eigenvalue weighted by Crippen LogP contribution is 2.50. The van der Waals surface area contributed by atoms with Gasteiger partial charge in [0.25, 0.3) is 0 Å². The Morgan fingerprint density at radius 2 is 1.97 bits per heavy atom. The fraction of sp³-hybridized carbons (Fsp3) is 0.375. The minimum atomic E-state index is -3.71. The van der Waals surface area contributed by atoms with Crippen LogP contribution in [-0.4, -0.2) is 39.3 Å². The third-order valence-corrected chi connectivity index (χ3v) is 8.40. The highest BCUT2D eigenvalue weighted by Gasteiger charge is 2.55. The molecule has 7 heteroatoms. The predicted molar refractivity (Wildman–Crippen MR) is 120 cm³/mol. The monoisotopic (exact) mass is 440 g/mol. The van der Waals surface area contributed by atoms with Gasteiger partial charge in [-0.2, -0.15) is 0 Å². The lowest BCUT2D eigenvalue weighted by Gasteiger charge is -2.35. The lowest BCUT2D eigenvalue weighted by Crippen LogP contribution is -2.40. The molecule has 0 saturated carbocycles. The van der Waals surface area contributed by atoms with Crippen molar-refractivity contribution < 1.29 is 17.9 Å². The van der Waals surface area contributed by atoms with Crippen molar-refractivity contribution in [2.24, 2.45) is 5.41 Å². The highest BCUT2D eigenvalue weighted by atomic mass is 32.2. The third kappa shape index (κ3) is 3.51. The van der Waals surface area contributed by atoms with Crippen molar-refractivity contribution >= 4 is 15.8 Å². The standard InChI is InChI=1S/C24H28N2O4S/c1-4-30-23(27)20-14-24-18(12-13-25-20)6-5-7-21(24)26-15-22(24)31(28,29)19-10-8-17(9-11-19)16(2)3/h5-12,14,16,22,25-26H,4,13,15H2,1-3H3. The normalized spacial score (nSPS) is 24.6. The van der Waals surface area contributed by atoms with Crippen molar-refractivity contribution in [1.82, 2.24) is 10.6 Å². The molecule has 3 aliphatic rings. The summed E-state index contributed by atoms with van der Waals surface area (Å²) < 4.78 is 32.9. The number of allylic oxidation sites excluding steroid dienone is 4. The predicted octanol–water partition coefficient (Wildman–Crippen LogP) is 2.97. The van der Waals surface area contributed by atoms with Crippen LogP contribution in [0.25, 0.3) is 0 Å². The van der Waals surface area contributed by atoms with E-state index >= 15 is 0 Å². The molecule has 164 valence electrons. The van der Waals surface area contributed by atoms with E-state index in [0.717, 1.165) is 16.8 Å². The summed E-state index contributed by atoms with van der Waals surface area (Å²) in [4.78, 5) is 12.8. The van der Waals surface area contributed by atoms with Gasteiger partial charge in [-0.15, -0.1) is 0 Å². The SMILES string of the molecule is CCOC(=O)C1=CC23C(=CCN1)C=CC=C2NCC3S(=O)(=O)c1ccc(C(C)C)cc1. The number of hydrogen-bond donors (Lipinski definition) is 2. The Balaban J connectivity index is 1.84. The number of hydrogen-bond acceptors (Lipinski definition) is 6. The van der Waals surface area contributed by atoms with Crippen LogP contribution < -0.4 is 10.6 Å². The number of carbonyl (C=O) groups excluding carboxylic acids is 1. The quantitative estimate of drug-likeness (QED) is 0.685. The molecule has 31 heavy (non-hydrogen) atoms. The second kappa shape index (κ2) is 8.04. The first-order valence-corrected chi connectivity index (χ1v) is 12.2. The topological polar surface area (TPSA) is 84.5 Å². The van der Waals surface area contributed by atoms with E-state index in [4.69, 9.17) is 4.74 Å². The van der Waals surface area contributed by atoms with E-state index in [1.807, 2.05) is 36.4 Å². The molecule has 2 aliphatic heterocycles. The molecule has 0 bridgehead atoms. The third-order valence-electron chi connectivity index (χ3n) is 6.18. The summed E-state index contributed by atoms with van der Waals surface area (Å²) in [6.45, 7) is 6.81. The number of esters is 1. The number of sulfone groups is 1. The lowest BCUT2D eigenvalue weighted by atomic mass is 9.73. The average Bonchev–Trinajstić information content (AvgIpc) is 3.02. The van der Waals surface area contributed by atoms with Crippen LogP contribution in [0.1, 0.15) is 32.3 Å². The number of ether oxygens (including phenoxy) is 1. The van der Waals surface area contributed by atoms with Gasteiger partial charge in [-0.3, -0.25) is 0 Å². The lowest BCUT2D eigenvalue weighted by molar-refractivity contribution is -0.139. The molecule has 1 aromatic rings. The van der Waals surface area contributed by atoms with Crippen LogP contribution in [0.4, 0.5) is 0 Å². The van der Waals surface area contributed by atoms with Crippen molar-refractivity contribution in [3.8, 4) is 0 Å². The summed E-state index contributed by atoms with van der Waals surface area (Å²) in [5.74, 6) is -0.163. The first kappa shape index (κ1) is 21.4. The maximum Gasteiger partial charge on any atom is 0.354 e. The van der Waals surface area contributed by atoms with Gasteiger partial charge >= 0.3 is 5.97 Å². The molecule has 4 rings (SSSR count). The van der Waals surface area contributed by atoms with Gasteiger partial charge in [-0.1, -0.05) is 44.2 Å². The van der Waals surface area contributed by atoms with Gasteiger partial charge in [0, 0.05) is 18.8 Å². The molecule has 2 unspecified atom stereocenters. The first-order chi connectivity index (χ1) is 14.8. The molecule has 2 atom stereocenters. The molecule has 2 N–H and O–H groups in total. The van der Waals surface area contributed by atoms with E-state index in [2.05, 4.69) is 24.5 Å². The second-order valence-electron chi connectivity index (χ2n) is 8.27. The highest BCUT2D eigenvalue weighted by molar-refractivity contribution is 7.92. The molecule has 1 fully saturated rings. The Kier molecular flexibility index (Phi) is 5.56. The zero-order valence-corrected chi connectivity index (χ0v) is 18.8. The second-order valence-corrected chi connectivity index (χ2v) is 10.4. The first-order valence-electron chi connectivity index (χ1n) is 10.6. The molecular formula is C24H28N2O4S. The van der Waals surface area contributed by atoms with Gasteiger partial charge in [0.05, 0.1) is 16.9 Å². The Hall–Kier alpha value is -2.80. The summed E-state index contributed by atoms with van der Waals surface area (Å²) in [6, 6.07) is 7.13. The summed E-state index contributed by atoms with van der Waals surface area (Å²) in [7, 11) is -3.71. The molecule has 1 aromatic carbocycles. The Morgan fingerprint density at radius 3 is 2.65 bits per heavy atom. The Bertz CT molecular complexity index is 1110. The largest absolute Gasteiger partial charge is 0.461 e. The molecule has 0 aromatic heterocycles. The van der Waals surface area contributed by atoms with E-state index < -0.39 is 26.5 Å². The van der Waals surface area contributed by atoms with Crippen LogP contribution in [0.15, 0.2) is 76.5 Å². The molecule has 6 nitrogen and oxygen atoms in total. The summed E-state index contributed by atoms with van der Waals surface area (Å²) in [6.07, 6.45) is 9.40. The summed E-state index contributed by atoms with van der Waals surface area (Å²) in [5.41, 5.74) is 2.03. The molecule has 1 aliphatic carbocycles. The van der Waals surface area contributed by atoms with Crippen LogP contribution in [0, 0.1) is 5.41 Å². The van der Waals surface area contributed by atoms with Gasteiger partial charge < -0.3 is 15.4 Å². The molecule has 1 saturated heterocycles. The fourth-order valence-electron chi connectivity index (χ4n) is 4.55. The van der Waals surface area contributed by atoms with Crippen LogP contribution in [0.5, 0.6) is 0 Å². The smallest absolute Gasteiger partial charge is 0.354 e. The molecule has 2 heterocycles. The average molecular weight is 441 g/mol. The zero-order valence-electron chi connectivity index (χ0n) is 18.0.